The summed E-state index contributed by atoms with van der Waals surface area (Å²) in [7, 11) is 1.78. The van der Waals surface area contributed by atoms with Gasteiger partial charge in [0, 0.05) is 6.20 Å². The summed E-state index contributed by atoms with van der Waals surface area (Å²) in [6.07, 6.45) is 5.64. The molecule has 0 radical (unpaired) electrons. The lowest BCUT2D eigenvalue weighted by Crippen LogP contribution is -2.58. The van der Waals surface area contributed by atoms with Crippen molar-refractivity contribution in [2.24, 2.45) is 11.7 Å². The maximum absolute atomic E-state index is 11.7. The molecule has 0 spiro atoms. The topological polar surface area (TPSA) is 72.9 Å². The molecule has 1 heterocycles. The molecule has 1 aromatic rings. The number of nitrogens with two attached hydrogens (primary N) is 1. The minimum absolute atomic E-state index is 0.302. The fourth-order valence-electron chi connectivity index (χ4n) is 2.07. The number of carbonyl (C=O) groups is 1. The fourth-order valence-corrected chi connectivity index (χ4v) is 2.40. The van der Waals surface area contributed by atoms with Crippen molar-refractivity contribution in [2.75, 3.05) is 7.05 Å². The highest BCUT2D eigenvalue weighted by atomic mass is 79.9. The first kappa shape index (κ1) is 11.6. The number of nitrogens with zero attached hydrogens (tertiary/aromatic N) is 2. The molecule has 0 aromatic carbocycles. The molecule has 0 aliphatic heterocycles. The van der Waals surface area contributed by atoms with Crippen LogP contribution in [-0.2, 0) is 11.3 Å². The van der Waals surface area contributed by atoms with Gasteiger partial charge in [-0.25, -0.2) is 0 Å². The van der Waals surface area contributed by atoms with E-state index in [0.29, 0.717) is 12.5 Å². The van der Waals surface area contributed by atoms with E-state index in [4.69, 9.17) is 5.73 Å². The van der Waals surface area contributed by atoms with Crippen molar-refractivity contribution in [1.82, 2.24) is 15.1 Å². The molecule has 5 nitrogen and oxygen atoms in total. The van der Waals surface area contributed by atoms with Crippen LogP contribution in [0.2, 0.25) is 0 Å². The lowest BCUT2D eigenvalue weighted by Gasteiger charge is -2.30. The summed E-state index contributed by atoms with van der Waals surface area (Å²) in [4.78, 5) is 11.7. The van der Waals surface area contributed by atoms with Crippen molar-refractivity contribution < 1.29 is 4.79 Å². The van der Waals surface area contributed by atoms with Crippen LogP contribution in [-0.4, -0.2) is 28.3 Å². The maximum atomic E-state index is 11.7. The molecule has 1 atom stereocenters. The third-order valence-electron chi connectivity index (χ3n) is 3.17. The molecule has 1 fully saturated rings. The molecular formula is C10H15BrN4O. The summed E-state index contributed by atoms with van der Waals surface area (Å²) >= 11 is 3.33. The van der Waals surface area contributed by atoms with Crippen LogP contribution in [0, 0.1) is 5.92 Å². The lowest BCUT2D eigenvalue weighted by molar-refractivity contribution is -0.125. The Balaban J connectivity index is 2.22. The van der Waals surface area contributed by atoms with Crippen LogP contribution in [0.5, 0.6) is 0 Å². The number of aromatic nitrogens is 2. The Hall–Kier alpha value is -0.880. The molecule has 1 saturated carbocycles. The van der Waals surface area contributed by atoms with Crippen LogP contribution in [0.1, 0.15) is 12.8 Å². The van der Waals surface area contributed by atoms with Crippen LogP contribution >= 0.6 is 15.9 Å². The van der Waals surface area contributed by atoms with Crippen molar-refractivity contribution in [2.45, 2.75) is 24.9 Å². The van der Waals surface area contributed by atoms with Crippen molar-refractivity contribution in [3.05, 3.63) is 16.9 Å². The number of primary amides is 1. The number of hydrogen-bond donors (Lipinski definition) is 2. The first-order chi connectivity index (χ1) is 7.58. The van der Waals surface area contributed by atoms with Crippen molar-refractivity contribution in [3.63, 3.8) is 0 Å². The zero-order valence-electron chi connectivity index (χ0n) is 9.11. The monoisotopic (exact) mass is 286 g/mol. The van der Waals surface area contributed by atoms with Gasteiger partial charge >= 0.3 is 0 Å². The number of likely N-dealkylation sites (N-methyl/N-ethyl adjacent to an activating group) is 1. The van der Waals surface area contributed by atoms with Crippen LogP contribution in [0.15, 0.2) is 16.9 Å². The standard InChI is InChI=1S/C10H15BrN4O/c1-13-10(9(12)16,7-2-3-7)6-15-5-8(11)4-14-15/h4-5,7,13H,2-3,6H2,1H3,(H2,12,16). The van der Waals surface area contributed by atoms with Crippen molar-refractivity contribution >= 4 is 21.8 Å². The second-order valence-electron chi connectivity index (χ2n) is 4.22. The van der Waals surface area contributed by atoms with Crippen LogP contribution in [0.4, 0.5) is 0 Å². The molecule has 1 unspecified atom stereocenters. The van der Waals surface area contributed by atoms with Crippen molar-refractivity contribution in [1.29, 1.82) is 0 Å². The van der Waals surface area contributed by atoms with Gasteiger partial charge in [-0.05, 0) is 41.7 Å². The summed E-state index contributed by atoms with van der Waals surface area (Å²) in [5.41, 5.74) is 4.86. The molecule has 0 bridgehead atoms. The first-order valence-corrected chi connectivity index (χ1v) is 6.04. The van der Waals surface area contributed by atoms with Gasteiger partial charge in [0.2, 0.25) is 5.91 Å². The lowest BCUT2D eigenvalue weighted by atomic mass is 9.92. The van der Waals surface area contributed by atoms with Gasteiger partial charge in [0.05, 0.1) is 17.2 Å². The van der Waals surface area contributed by atoms with Gasteiger partial charge in [-0.1, -0.05) is 0 Å². The number of nitrogens with one attached hydrogen (secondary N) is 1. The van der Waals surface area contributed by atoms with Crippen LogP contribution in [0.25, 0.3) is 0 Å². The summed E-state index contributed by atoms with van der Waals surface area (Å²) in [6, 6.07) is 0. The molecule has 0 saturated heterocycles. The second-order valence-corrected chi connectivity index (χ2v) is 5.13. The zero-order chi connectivity index (χ0) is 11.8. The first-order valence-electron chi connectivity index (χ1n) is 5.25. The van der Waals surface area contributed by atoms with E-state index < -0.39 is 5.54 Å². The van der Waals surface area contributed by atoms with Gasteiger partial charge in [-0.15, -0.1) is 0 Å². The van der Waals surface area contributed by atoms with Crippen LogP contribution in [0.3, 0.4) is 0 Å². The molecule has 6 heteroatoms. The van der Waals surface area contributed by atoms with E-state index in [1.54, 1.807) is 17.9 Å². The average molecular weight is 287 g/mol. The zero-order valence-corrected chi connectivity index (χ0v) is 10.7. The van der Waals surface area contributed by atoms with Crippen molar-refractivity contribution in [3.8, 4) is 0 Å². The molecule has 3 N–H and O–H groups in total. The highest BCUT2D eigenvalue weighted by molar-refractivity contribution is 9.10. The fraction of sp³-hybridized carbons (Fsp3) is 0.600. The molecule has 1 aliphatic rings. The summed E-state index contributed by atoms with van der Waals surface area (Å²) < 4.78 is 2.64. The molecular weight excluding hydrogens is 272 g/mol. The second kappa shape index (κ2) is 4.18. The SMILES string of the molecule is CNC(Cn1cc(Br)cn1)(C(N)=O)C1CC1. The van der Waals surface area contributed by atoms with Crippen LogP contribution < -0.4 is 11.1 Å². The van der Waals surface area contributed by atoms with Gasteiger partial charge in [0.1, 0.15) is 5.54 Å². The quantitative estimate of drug-likeness (QED) is 0.828. The highest BCUT2D eigenvalue weighted by Gasteiger charge is 2.49. The highest BCUT2D eigenvalue weighted by Crippen LogP contribution is 2.40. The number of amides is 1. The van der Waals surface area contributed by atoms with E-state index in [-0.39, 0.29) is 5.91 Å². The number of hydrogen-bond acceptors (Lipinski definition) is 3. The molecule has 88 valence electrons. The molecule has 2 rings (SSSR count). The normalized spacial score (nSPS) is 19.4. The van der Waals surface area contributed by atoms with E-state index in [1.807, 2.05) is 6.20 Å². The van der Waals surface area contributed by atoms with E-state index in [9.17, 15) is 4.79 Å². The predicted molar refractivity (Wildman–Crippen MR) is 63.6 cm³/mol. The molecule has 1 amide bonds. The summed E-state index contributed by atoms with van der Waals surface area (Å²) in [5, 5.41) is 7.25. The smallest absolute Gasteiger partial charge is 0.239 e. The predicted octanol–water partition coefficient (Wildman–Crippen LogP) is 0.499. The third-order valence-corrected chi connectivity index (χ3v) is 3.58. The van der Waals surface area contributed by atoms with E-state index in [0.717, 1.165) is 17.3 Å². The Morgan fingerprint density at radius 1 is 1.81 bits per heavy atom. The maximum Gasteiger partial charge on any atom is 0.239 e. The summed E-state index contributed by atoms with van der Waals surface area (Å²) in [6.45, 7) is 0.481. The average Bonchev–Trinajstić information content (AvgIpc) is 3.00. The number of carbonyl (C=O) groups excluding carboxylic acids is 1. The molecule has 1 aliphatic carbocycles. The Morgan fingerprint density at radius 3 is 2.88 bits per heavy atom. The summed E-state index contributed by atoms with van der Waals surface area (Å²) in [5.74, 6) is 0.0297. The van der Waals surface area contributed by atoms with E-state index >= 15 is 0 Å². The van der Waals surface area contributed by atoms with Gasteiger partial charge in [-0.2, -0.15) is 5.10 Å². The minimum Gasteiger partial charge on any atom is -0.368 e. The minimum atomic E-state index is -0.661. The Bertz CT molecular complexity index is 401. The number of rotatable bonds is 5. The molecule has 1 aromatic heterocycles. The van der Waals surface area contributed by atoms with Gasteiger partial charge in [-0.3, -0.25) is 9.48 Å². The Kier molecular flexibility index (Phi) is 3.03. The Morgan fingerprint density at radius 2 is 2.50 bits per heavy atom. The van der Waals surface area contributed by atoms with Gasteiger partial charge in [0.25, 0.3) is 0 Å². The van der Waals surface area contributed by atoms with Gasteiger partial charge in [0.15, 0.2) is 0 Å². The van der Waals surface area contributed by atoms with E-state index in [2.05, 4.69) is 26.3 Å². The van der Waals surface area contributed by atoms with E-state index in [1.165, 1.54) is 0 Å². The Labute approximate surface area is 103 Å². The third kappa shape index (κ3) is 1.99. The number of halogens is 1. The molecule has 16 heavy (non-hydrogen) atoms. The van der Waals surface area contributed by atoms with Gasteiger partial charge < -0.3 is 11.1 Å². The largest absolute Gasteiger partial charge is 0.368 e.